The smallest absolute Gasteiger partial charge is 0.227 e. The lowest BCUT2D eigenvalue weighted by Gasteiger charge is -2.23. The Morgan fingerprint density at radius 1 is 1.19 bits per heavy atom. The third kappa shape index (κ3) is 3.84. The molecule has 21 heavy (non-hydrogen) atoms. The highest BCUT2D eigenvalue weighted by atomic mass is 35.5. The summed E-state index contributed by atoms with van der Waals surface area (Å²) in [5.74, 6) is -0.281. The van der Waals surface area contributed by atoms with Crippen molar-refractivity contribution in [2.24, 2.45) is 0 Å². The molecule has 0 saturated heterocycles. The lowest BCUT2D eigenvalue weighted by molar-refractivity contribution is -0.120. The highest BCUT2D eigenvalue weighted by Gasteiger charge is 2.26. The molecule has 1 amide bonds. The number of aryl methyl sites for hydroxylation is 1. The van der Waals surface area contributed by atoms with Crippen LogP contribution in [0.15, 0.2) is 48.5 Å². The highest BCUT2D eigenvalue weighted by Crippen LogP contribution is 2.28. The molecular weight excluding hydrogens is 286 g/mol. The van der Waals surface area contributed by atoms with Gasteiger partial charge in [-0.15, -0.1) is 0 Å². The van der Waals surface area contributed by atoms with Gasteiger partial charge in [-0.05, 0) is 31.0 Å². The molecule has 1 atom stereocenters. The first-order chi connectivity index (χ1) is 9.90. The van der Waals surface area contributed by atoms with E-state index in [0.29, 0.717) is 16.3 Å². The summed E-state index contributed by atoms with van der Waals surface area (Å²) in [6.07, 6.45) is -0.0404. The number of anilines is 1. The molecule has 0 bridgehead atoms. The lowest BCUT2D eigenvalue weighted by atomic mass is 9.92. The van der Waals surface area contributed by atoms with Crippen molar-refractivity contribution in [3.63, 3.8) is 0 Å². The summed E-state index contributed by atoms with van der Waals surface area (Å²) in [7, 11) is 0. The molecule has 4 heteroatoms. The van der Waals surface area contributed by atoms with Crippen LogP contribution in [-0.2, 0) is 10.4 Å². The molecule has 0 aliphatic rings. The van der Waals surface area contributed by atoms with E-state index >= 15 is 0 Å². The largest absolute Gasteiger partial charge is 0.385 e. The maximum atomic E-state index is 12.1. The molecule has 0 spiro atoms. The van der Waals surface area contributed by atoms with E-state index in [-0.39, 0.29) is 12.3 Å². The average Bonchev–Trinajstić information content (AvgIpc) is 2.44. The van der Waals surface area contributed by atoms with Crippen LogP contribution in [0.4, 0.5) is 5.69 Å². The maximum absolute atomic E-state index is 12.1. The fourth-order valence-corrected chi connectivity index (χ4v) is 2.32. The van der Waals surface area contributed by atoms with Crippen LogP contribution < -0.4 is 5.32 Å². The first kappa shape index (κ1) is 15.5. The quantitative estimate of drug-likeness (QED) is 0.900. The molecule has 0 heterocycles. The van der Waals surface area contributed by atoms with Gasteiger partial charge in [0.15, 0.2) is 0 Å². The number of benzene rings is 2. The lowest BCUT2D eigenvalue weighted by Crippen LogP contribution is -2.28. The van der Waals surface area contributed by atoms with Crippen molar-refractivity contribution in [1.82, 2.24) is 0 Å². The van der Waals surface area contributed by atoms with Gasteiger partial charge >= 0.3 is 0 Å². The maximum Gasteiger partial charge on any atom is 0.227 e. The Hall–Kier alpha value is -1.84. The number of carbonyl (C=O) groups is 1. The van der Waals surface area contributed by atoms with E-state index in [4.69, 9.17) is 11.6 Å². The van der Waals surface area contributed by atoms with Gasteiger partial charge in [-0.25, -0.2) is 0 Å². The number of nitrogens with one attached hydrogen (secondary N) is 1. The minimum atomic E-state index is -1.22. The molecule has 0 aliphatic carbocycles. The molecule has 2 N–H and O–H groups in total. The van der Waals surface area contributed by atoms with Gasteiger partial charge in [-0.1, -0.05) is 54.1 Å². The van der Waals surface area contributed by atoms with Crippen molar-refractivity contribution >= 4 is 23.2 Å². The number of aliphatic hydroxyl groups is 1. The van der Waals surface area contributed by atoms with Crippen molar-refractivity contribution in [3.05, 3.63) is 64.7 Å². The molecule has 3 nitrogen and oxygen atoms in total. The van der Waals surface area contributed by atoms with Gasteiger partial charge in [0, 0.05) is 0 Å². The molecule has 2 aromatic rings. The predicted molar refractivity (Wildman–Crippen MR) is 85.4 cm³/mol. The average molecular weight is 304 g/mol. The summed E-state index contributed by atoms with van der Waals surface area (Å²) in [4.78, 5) is 12.1. The van der Waals surface area contributed by atoms with Gasteiger partial charge in [0.1, 0.15) is 0 Å². The summed E-state index contributed by atoms with van der Waals surface area (Å²) in [6.45, 7) is 3.50. The van der Waals surface area contributed by atoms with Gasteiger partial charge in [0.25, 0.3) is 0 Å². The zero-order chi connectivity index (χ0) is 15.5. The van der Waals surface area contributed by atoms with E-state index in [1.165, 1.54) is 0 Å². The van der Waals surface area contributed by atoms with Crippen molar-refractivity contribution in [2.75, 3.05) is 5.32 Å². The fourth-order valence-electron chi connectivity index (χ4n) is 2.15. The van der Waals surface area contributed by atoms with Crippen LogP contribution >= 0.6 is 11.6 Å². The van der Waals surface area contributed by atoms with Crippen LogP contribution in [0.25, 0.3) is 0 Å². The number of halogens is 1. The zero-order valence-electron chi connectivity index (χ0n) is 12.1. The van der Waals surface area contributed by atoms with Crippen LogP contribution in [0.1, 0.15) is 24.5 Å². The van der Waals surface area contributed by atoms with Gasteiger partial charge in [0.05, 0.1) is 22.7 Å². The van der Waals surface area contributed by atoms with E-state index in [1.54, 1.807) is 25.1 Å². The zero-order valence-corrected chi connectivity index (χ0v) is 12.8. The Labute approximate surface area is 129 Å². The summed E-state index contributed by atoms with van der Waals surface area (Å²) >= 11 is 6.15. The minimum Gasteiger partial charge on any atom is -0.385 e. The molecule has 0 aromatic heterocycles. The molecule has 110 valence electrons. The van der Waals surface area contributed by atoms with Crippen molar-refractivity contribution in [2.45, 2.75) is 25.9 Å². The SMILES string of the molecule is Cc1cccc(NC(=O)CC(C)(O)c2ccccc2)c1Cl. The summed E-state index contributed by atoms with van der Waals surface area (Å²) in [5, 5.41) is 13.7. The fraction of sp³-hybridized carbons (Fsp3) is 0.235. The van der Waals surface area contributed by atoms with Crippen LogP contribution in [0.3, 0.4) is 0 Å². The van der Waals surface area contributed by atoms with E-state index < -0.39 is 5.60 Å². The van der Waals surface area contributed by atoms with Gasteiger partial charge in [-0.2, -0.15) is 0 Å². The number of carbonyl (C=O) groups excluding carboxylic acids is 1. The van der Waals surface area contributed by atoms with Crippen LogP contribution in [0.5, 0.6) is 0 Å². The van der Waals surface area contributed by atoms with Gasteiger partial charge in [0.2, 0.25) is 5.91 Å². The first-order valence-corrected chi connectivity index (χ1v) is 7.11. The Balaban J connectivity index is 2.10. The molecule has 2 rings (SSSR count). The van der Waals surface area contributed by atoms with E-state index in [0.717, 1.165) is 5.56 Å². The molecule has 2 aromatic carbocycles. The standard InChI is InChI=1S/C17H18ClNO2/c1-12-7-6-10-14(16(12)18)19-15(20)11-17(2,21)13-8-4-3-5-9-13/h3-10,21H,11H2,1-2H3,(H,19,20). The molecule has 0 fully saturated rings. The molecular formula is C17H18ClNO2. The van der Waals surface area contributed by atoms with Crippen LogP contribution in [-0.4, -0.2) is 11.0 Å². The third-order valence-corrected chi connectivity index (χ3v) is 3.87. The van der Waals surface area contributed by atoms with Crippen molar-refractivity contribution in [1.29, 1.82) is 0 Å². The van der Waals surface area contributed by atoms with E-state index in [1.807, 2.05) is 37.3 Å². The van der Waals surface area contributed by atoms with Gasteiger partial charge < -0.3 is 10.4 Å². The molecule has 0 saturated carbocycles. The Morgan fingerprint density at radius 2 is 1.86 bits per heavy atom. The Bertz CT molecular complexity index is 638. The number of hydrogen-bond donors (Lipinski definition) is 2. The topological polar surface area (TPSA) is 49.3 Å². The minimum absolute atomic E-state index is 0.0404. The highest BCUT2D eigenvalue weighted by molar-refractivity contribution is 6.34. The summed E-state index contributed by atoms with van der Waals surface area (Å²) < 4.78 is 0. The third-order valence-electron chi connectivity index (χ3n) is 3.37. The van der Waals surface area contributed by atoms with Crippen LogP contribution in [0.2, 0.25) is 5.02 Å². The molecule has 0 aliphatic heterocycles. The number of rotatable bonds is 4. The van der Waals surface area contributed by atoms with Crippen molar-refractivity contribution in [3.8, 4) is 0 Å². The first-order valence-electron chi connectivity index (χ1n) is 6.73. The molecule has 1 unspecified atom stereocenters. The van der Waals surface area contributed by atoms with Crippen LogP contribution in [0, 0.1) is 6.92 Å². The van der Waals surface area contributed by atoms with Crippen molar-refractivity contribution < 1.29 is 9.90 Å². The normalized spacial score (nSPS) is 13.5. The van der Waals surface area contributed by atoms with E-state index in [2.05, 4.69) is 5.32 Å². The summed E-state index contributed by atoms with van der Waals surface area (Å²) in [6, 6.07) is 14.6. The monoisotopic (exact) mass is 303 g/mol. The Morgan fingerprint density at radius 3 is 2.52 bits per heavy atom. The second-order valence-electron chi connectivity index (χ2n) is 5.30. The predicted octanol–water partition coefficient (Wildman–Crippen LogP) is 3.88. The van der Waals surface area contributed by atoms with Gasteiger partial charge in [-0.3, -0.25) is 4.79 Å². The second-order valence-corrected chi connectivity index (χ2v) is 5.68. The van der Waals surface area contributed by atoms with E-state index in [9.17, 15) is 9.90 Å². The number of amides is 1. The molecule has 0 radical (unpaired) electrons. The Kier molecular flexibility index (Phi) is 4.66. The summed E-state index contributed by atoms with van der Waals surface area (Å²) in [5.41, 5.74) is 0.937. The number of hydrogen-bond acceptors (Lipinski definition) is 2. The second kappa shape index (κ2) is 6.29.